The third-order valence-corrected chi connectivity index (χ3v) is 5.06. The highest BCUT2D eigenvalue weighted by atomic mass is 32.2. The highest BCUT2D eigenvalue weighted by Gasteiger charge is 2.31. The van der Waals surface area contributed by atoms with Crippen molar-refractivity contribution in [3.05, 3.63) is 54.3 Å². The molecule has 0 saturated heterocycles. The van der Waals surface area contributed by atoms with Crippen LogP contribution in [0.5, 0.6) is 5.75 Å². The summed E-state index contributed by atoms with van der Waals surface area (Å²) in [6, 6.07) is 9.77. The zero-order chi connectivity index (χ0) is 22.0. The second kappa shape index (κ2) is 8.30. The first kappa shape index (κ1) is 20.7. The molecule has 3 heterocycles. The Morgan fingerprint density at radius 2 is 2.06 bits per heavy atom. The van der Waals surface area contributed by atoms with Crippen LogP contribution in [0.25, 0.3) is 17.1 Å². The van der Waals surface area contributed by atoms with Gasteiger partial charge in [-0.15, -0.1) is 10.2 Å². The molecule has 160 valence electrons. The number of nitrogens with one attached hydrogen (secondary N) is 1. The summed E-state index contributed by atoms with van der Waals surface area (Å²) in [7, 11) is 1.30. The van der Waals surface area contributed by atoms with Crippen molar-refractivity contribution in [3.8, 4) is 17.2 Å². The molecular formula is C19H14F3N5O3S. The molecule has 0 atom stereocenters. The molecule has 1 aromatic carbocycles. The number of thioether (sulfide) groups is 1. The topological polar surface area (TPSA) is 94.5 Å². The summed E-state index contributed by atoms with van der Waals surface area (Å²) in [5.41, 5.74) is 0.0525. The third-order valence-electron chi connectivity index (χ3n) is 4.14. The molecule has 4 aromatic rings. The van der Waals surface area contributed by atoms with E-state index in [-0.39, 0.29) is 17.2 Å². The van der Waals surface area contributed by atoms with Gasteiger partial charge in [-0.2, -0.15) is 22.8 Å². The van der Waals surface area contributed by atoms with E-state index in [1.807, 2.05) is 0 Å². The minimum Gasteiger partial charge on any atom is -0.495 e. The summed E-state index contributed by atoms with van der Waals surface area (Å²) in [6.45, 7) is 0. The lowest BCUT2D eigenvalue weighted by molar-refractivity contribution is -0.137. The SMILES string of the molecule is COc1ccc(C(F)(F)F)cc1NC(=O)CSc1nnc2ccc(-c3ccco3)nn12. The number of alkyl halides is 3. The van der Waals surface area contributed by atoms with E-state index in [2.05, 4.69) is 20.6 Å². The van der Waals surface area contributed by atoms with Crippen LogP contribution in [-0.4, -0.2) is 38.6 Å². The van der Waals surface area contributed by atoms with E-state index in [1.165, 1.54) is 17.9 Å². The summed E-state index contributed by atoms with van der Waals surface area (Å²) in [5.74, 6) is -0.00104. The Hall–Kier alpha value is -3.54. The van der Waals surface area contributed by atoms with Gasteiger partial charge in [0.25, 0.3) is 0 Å². The lowest BCUT2D eigenvalue weighted by atomic mass is 10.2. The van der Waals surface area contributed by atoms with Gasteiger partial charge in [0.05, 0.1) is 30.4 Å². The molecule has 0 radical (unpaired) electrons. The molecule has 0 aliphatic carbocycles. The van der Waals surface area contributed by atoms with Gasteiger partial charge in [0, 0.05) is 0 Å². The summed E-state index contributed by atoms with van der Waals surface area (Å²) in [5, 5.41) is 15.2. The fourth-order valence-electron chi connectivity index (χ4n) is 2.71. The first-order chi connectivity index (χ1) is 14.8. The molecule has 31 heavy (non-hydrogen) atoms. The number of anilines is 1. The maximum Gasteiger partial charge on any atom is 0.416 e. The largest absolute Gasteiger partial charge is 0.495 e. The minimum atomic E-state index is -4.54. The van der Waals surface area contributed by atoms with Gasteiger partial charge >= 0.3 is 6.18 Å². The van der Waals surface area contributed by atoms with Crippen molar-refractivity contribution in [3.63, 3.8) is 0 Å². The number of amides is 1. The molecule has 1 N–H and O–H groups in total. The van der Waals surface area contributed by atoms with Crippen molar-refractivity contribution in [2.45, 2.75) is 11.3 Å². The smallest absolute Gasteiger partial charge is 0.416 e. The summed E-state index contributed by atoms with van der Waals surface area (Å²) in [4.78, 5) is 12.4. The highest BCUT2D eigenvalue weighted by molar-refractivity contribution is 7.99. The van der Waals surface area contributed by atoms with Gasteiger partial charge in [-0.3, -0.25) is 4.79 Å². The van der Waals surface area contributed by atoms with Gasteiger partial charge in [0.15, 0.2) is 11.4 Å². The van der Waals surface area contributed by atoms with E-state index in [0.29, 0.717) is 22.3 Å². The number of aromatic nitrogens is 4. The third kappa shape index (κ3) is 4.48. The van der Waals surface area contributed by atoms with Crippen LogP contribution in [0.4, 0.5) is 18.9 Å². The number of rotatable bonds is 6. The number of hydrogen-bond acceptors (Lipinski definition) is 7. The number of benzene rings is 1. The van der Waals surface area contributed by atoms with Gasteiger partial charge in [-0.25, -0.2) is 0 Å². The first-order valence-corrected chi connectivity index (χ1v) is 9.78. The minimum absolute atomic E-state index is 0.0766. The Labute approximate surface area is 177 Å². The van der Waals surface area contributed by atoms with Crippen molar-refractivity contribution in [1.82, 2.24) is 19.8 Å². The fourth-order valence-corrected chi connectivity index (χ4v) is 3.40. The van der Waals surface area contributed by atoms with E-state index >= 15 is 0 Å². The summed E-state index contributed by atoms with van der Waals surface area (Å²) >= 11 is 1.03. The average Bonchev–Trinajstić information content (AvgIpc) is 3.41. The molecule has 3 aromatic heterocycles. The van der Waals surface area contributed by atoms with E-state index in [0.717, 1.165) is 30.0 Å². The normalized spacial score (nSPS) is 11.6. The number of hydrogen-bond donors (Lipinski definition) is 1. The number of halogens is 3. The molecule has 8 nitrogen and oxygen atoms in total. The summed E-state index contributed by atoms with van der Waals surface area (Å²) in [6.07, 6.45) is -3.02. The maximum atomic E-state index is 13.0. The van der Waals surface area contributed by atoms with Crippen molar-refractivity contribution in [2.75, 3.05) is 18.2 Å². The van der Waals surface area contributed by atoms with Gasteiger partial charge in [-0.05, 0) is 42.5 Å². The molecule has 0 spiro atoms. The molecule has 0 aliphatic heterocycles. The van der Waals surface area contributed by atoms with E-state index in [9.17, 15) is 18.0 Å². The Morgan fingerprint density at radius 1 is 1.23 bits per heavy atom. The average molecular weight is 449 g/mol. The molecule has 0 unspecified atom stereocenters. The fraction of sp³-hybridized carbons (Fsp3) is 0.158. The molecular weight excluding hydrogens is 435 g/mol. The van der Waals surface area contributed by atoms with Gasteiger partial charge in [-0.1, -0.05) is 11.8 Å². The van der Waals surface area contributed by atoms with Crippen molar-refractivity contribution >= 4 is 29.0 Å². The quantitative estimate of drug-likeness (QED) is 0.442. The van der Waals surface area contributed by atoms with Gasteiger partial charge in [0.2, 0.25) is 11.1 Å². The Bertz CT molecular complexity index is 1220. The molecule has 4 rings (SSSR count). The Morgan fingerprint density at radius 3 is 2.77 bits per heavy atom. The number of carbonyl (C=O) groups is 1. The summed E-state index contributed by atoms with van der Waals surface area (Å²) < 4.78 is 50.7. The molecule has 0 aliphatic rings. The number of methoxy groups -OCH3 is 1. The first-order valence-electron chi connectivity index (χ1n) is 8.79. The standard InChI is InChI=1S/C19H14F3N5O3S/c1-29-14-6-4-11(19(20,21)22)9-13(14)23-17(28)10-31-18-25-24-16-7-5-12(26-27(16)18)15-3-2-8-30-15/h2-9H,10H2,1H3,(H,23,28). The lowest BCUT2D eigenvalue weighted by Crippen LogP contribution is -2.16. The predicted molar refractivity (Wildman–Crippen MR) is 106 cm³/mol. The number of fused-ring (bicyclic) bond motifs is 1. The number of carbonyl (C=O) groups excluding carboxylic acids is 1. The Balaban J connectivity index is 1.49. The lowest BCUT2D eigenvalue weighted by Gasteiger charge is -2.13. The van der Waals surface area contributed by atoms with E-state index < -0.39 is 17.6 Å². The van der Waals surface area contributed by atoms with Gasteiger partial charge < -0.3 is 14.5 Å². The second-order valence-electron chi connectivity index (χ2n) is 6.20. The van der Waals surface area contributed by atoms with Crippen LogP contribution >= 0.6 is 11.8 Å². The zero-order valence-corrected chi connectivity index (χ0v) is 16.7. The molecule has 0 fully saturated rings. The number of ether oxygens (including phenoxy) is 1. The predicted octanol–water partition coefficient (Wildman–Crippen LogP) is 4.14. The highest BCUT2D eigenvalue weighted by Crippen LogP contribution is 2.35. The van der Waals surface area contributed by atoms with Crippen molar-refractivity contribution in [2.24, 2.45) is 0 Å². The van der Waals surface area contributed by atoms with E-state index in [1.54, 1.807) is 24.3 Å². The maximum absolute atomic E-state index is 13.0. The van der Waals surface area contributed by atoms with Crippen molar-refractivity contribution < 1.29 is 27.1 Å². The Kier molecular flexibility index (Phi) is 5.55. The van der Waals surface area contributed by atoms with Crippen LogP contribution in [0.2, 0.25) is 0 Å². The molecule has 0 bridgehead atoms. The van der Waals surface area contributed by atoms with Crippen LogP contribution in [0.3, 0.4) is 0 Å². The van der Waals surface area contributed by atoms with Crippen LogP contribution in [0.1, 0.15) is 5.56 Å². The van der Waals surface area contributed by atoms with Gasteiger partial charge in [0.1, 0.15) is 11.4 Å². The van der Waals surface area contributed by atoms with Crippen LogP contribution in [0, 0.1) is 0 Å². The number of nitrogens with zero attached hydrogens (tertiary/aromatic N) is 4. The van der Waals surface area contributed by atoms with Crippen LogP contribution in [-0.2, 0) is 11.0 Å². The second-order valence-corrected chi connectivity index (χ2v) is 7.14. The molecule has 0 saturated carbocycles. The molecule has 12 heteroatoms. The van der Waals surface area contributed by atoms with E-state index in [4.69, 9.17) is 9.15 Å². The van der Waals surface area contributed by atoms with Crippen LogP contribution in [0.15, 0.2) is 58.3 Å². The molecule has 1 amide bonds. The van der Waals surface area contributed by atoms with Crippen LogP contribution < -0.4 is 10.1 Å². The zero-order valence-electron chi connectivity index (χ0n) is 15.9. The van der Waals surface area contributed by atoms with Crippen molar-refractivity contribution in [1.29, 1.82) is 0 Å². The number of furan rings is 1. The monoisotopic (exact) mass is 449 g/mol.